The molecule has 128 valence electrons. The van der Waals surface area contributed by atoms with Gasteiger partial charge in [-0.25, -0.2) is 0 Å². The van der Waals surface area contributed by atoms with E-state index in [-0.39, 0.29) is 11.8 Å². The second-order valence-corrected chi connectivity index (χ2v) is 8.03. The van der Waals surface area contributed by atoms with E-state index in [0.29, 0.717) is 24.2 Å². The van der Waals surface area contributed by atoms with Crippen LogP contribution < -0.4 is 0 Å². The van der Waals surface area contributed by atoms with Crippen molar-refractivity contribution in [1.82, 2.24) is 15.0 Å². The Morgan fingerprint density at radius 2 is 2.04 bits per heavy atom. The van der Waals surface area contributed by atoms with Crippen LogP contribution in [0.2, 0.25) is 0 Å². The first-order valence-corrected chi connectivity index (χ1v) is 9.72. The van der Waals surface area contributed by atoms with Crippen molar-refractivity contribution < 1.29 is 9.32 Å². The minimum atomic E-state index is 0.0389. The van der Waals surface area contributed by atoms with Crippen LogP contribution in [0, 0.1) is 12.8 Å². The Hall–Kier alpha value is -1.69. The molecule has 2 aromatic heterocycles. The van der Waals surface area contributed by atoms with Crippen LogP contribution in [-0.2, 0) is 4.79 Å². The fourth-order valence-electron chi connectivity index (χ4n) is 3.90. The number of aromatic nitrogens is 2. The molecule has 1 amide bonds. The highest BCUT2D eigenvalue weighted by Crippen LogP contribution is 2.35. The minimum absolute atomic E-state index is 0.0389. The average Bonchev–Trinajstić information content (AvgIpc) is 3.27. The average molecular weight is 345 g/mol. The van der Waals surface area contributed by atoms with Gasteiger partial charge in [0.15, 0.2) is 0 Å². The zero-order valence-electron chi connectivity index (χ0n) is 14.2. The Bertz CT molecular complexity index is 730. The third kappa shape index (κ3) is 2.88. The first-order valence-electron chi connectivity index (χ1n) is 8.78. The fraction of sp³-hybridized carbons (Fsp3) is 0.611. The molecule has 24 heavy (non-hydrogen) atoms. The summed E-state index contributed by atoms with van der Waals surface area (Å²) in [5, 5.41) is 8.25. The number of likely N-dealkylation sites (tertiary alicyclic amines) is 1. The molecule has 4 rings (SSSR count). The lowest BCUT2D eigenvalue weighted by Gasteiger charge is -2.33. The van der Waals surface area contributed by atoms with Gasteiger partial charge in [-0.15, -0.1) is 0 Å². The highest BCUT2D eigenvalue weighted by Gasteiger charge is 2.38. The molecule has 0 N–H and O–H groups in total. The summed E-state index contributed by atoms with van der Waals surface area (Å²) >= 11 is 1.64. The van der Waals surface area contributed by atoms with E-state index >= 15 is 0 Å². The van der Waals surface area contributed by atoms with E-state index in [2.05, 4.69) is 27.3 Å². The number of aryl methyl sites for hydroxylation is 1. The normalized spacial score (nSPS) is 27.8. The fourth-order valence-corrected chi connectivity index (χ4v) is 4.73. The van der Waals surface area contributed by atoms with Crippen molar-refractivity contribution >= 4 is 17.2 Å². The molecule has 0 spiro atoms. The highest BCUT2D eigenvalue weighted by atomic mass is 32.1. The molecule has 1 aliphatic carbocycles. The van der Waals surface area contributed by atoms with Crippen molar-refractivity contribution in [3.8, 4) is 11.4 Å². The van der Waals surface area contributed by atoms with E-state index in [1.807, 2.05) is 12.3 Å². The summed E-state index contributed by atoms with van der Waals surface area (Å²) in [5.74, 6) is 2.32. The molecule has 2 aromatic rings. The molecule has 1 saturated heterocycles. The van der Waals surface area contributed by atoms with Gasteiger partial charge in [-0.2, -0.15) is 16.3 Å². The van der Waals surface area contributed by atoms with Crippen molar-refractivity contribution in [3.63, 3.8) is 0 Å². The van der Waals surface area contributed by atoms with Gasteiger partial charge in [0.2, 0.25) is 17.6 Å². The highest BCUT2D eigenvalue weighted by molar-refractivity contribution is 7.08. The van der Waals surface area contributed by atoms with Gasteiger partial charge in [0.1, 0.15) is 0 Å². The van der Waals surface area contributed by atoms with Gasteiger partial charge in [-0.3, -0.25) is 4.79 Å². The maximum atomic E-state index is 12.5. The molecular weight excluding hydrogens is 322 g/mol. The molecule has 2 aliphatic rings. The lowest BCUT2D eigenvalue weighted by Crippen LogP contribution is -2.38. The number of hydrogen-bond donors (Lipinski definition) is 0. The summed E-state index contributed by atoms with van der Waals surface area (Å²) in [7, 11) is 0. The van der Waals surface area contributed by atoms with Crippen molar-refractivity contribution in [1.29, 1.82) is 0 Å². The van der Waals surface area contributed by atoms with Crippen LogP contribution in [0.5, 0.6) is 0 Å². The summed E-state index contributed by atoms with van der Waals surface area (Å²) in [6.45, 7) is 5.08. The van der Waals surface area contributed by atoms with E-state index in [4.69, 9.17) is 4.52 Å². The van der Waals surface area contributed by atoms with Crippen LogP contribution in [0.1, 0.15) is 56.4 Å². The van der Waals surface area contributed by atoms with Gasteiger partial charge in [-0.1, -0.05) is 12.1 Å². The molecule has 0 aromatic carbocycles. The number of nitrogens with zero attached hydrogens (tertiary/aromatic N) is 3. The summed E-state index contributed by atoms with van der Waals surface area (Å²) in [5.41, 5.74) is 2.19. The molecule has 1 saturated carbocycles. The maximum absolute atomic E-state index is 12.5. The van der Waals surface area contributed by atoms with Crippen LogP contribution in [-0.4, -0.2) is 33.5 Å². The van der Waals surface area contributed by atoms with Crippen LogP contribution >= 0.6 is 11.3 Å². The van der Waals surface area contributed by atoms with E-state index in [1.54, 1.807) is 11.3 Å². The monoisotopic (exact) mass is 345 g/mol. The number of rotatable bonds is 3. The second-order valence-electron chi connectivity index (χ2n) is 7.29. The first kappa shape index (κ1) is 15.8. The predicted molar refractivity (Wildman–Crippen MR) is 92.8 cm³/mol. The Balaban J connectivity index is 1.47. The number of hydrogen-bond acceptors (Lipinski definition) is 5. The van der Waals surface area contributed by atoms with Gasteiger partial charge in [-0.05, 0) is 49.5 Å². The van der Waals surface area contributed by atoms with E-state index in [9.17, 15) is 4.79 Å². The quantitative estimate of drug-likeness (QED) is 0.843. The number of amides is 1. The predicted octanol–water partition coefficient (Wildman–Crippen LogP) is 4.00. The smallest absolute Gasteiger partial charge is 0.232 e. The van der Waals surface area contributed by atoms with Crippen LogP contribution in [0.4, 0.5) is 0 Å². The zero-order valence-corrected chi connectivity index (χ0v) is 15.0. The van der Waals surface area contributed by atoms with Crippen LogP contribution in [0.3, 0.4) is 0 Å². The Morgan fingerprint density at radius 3 is 2.75 bits per heavy atom. The zero-order chi connectivity index (χ0) is 16.7. The third-order valence-electron chi connectivity index (χ3n) is 5.47. The molecule has 1 unspecified atom stereocenters. The molecule has 0 radical (unpaired) electrons. The molecule has 3 heterocycles. The third-order valence-corrected chi connectivity index (χ3v) is 6.33. The van der Waals surface area contributed by atoms with Crippen molar-refractivity contribution in [2.45, 2.75) is 57.9 Å². The first-order chi connectivity index (χ1) is 11.6. The van der Waals surface area contributed by atoms with Crippen molar-refractivity contribution in [3.05, 3.63) is 22.2 Å². The Kier molecular flexibility index (Phi) is 4.16. The largest absolute Gasteiger partial charge is 0.339 e. The van der Waals surface area contributed by atoms with Crippen molar-refractivity contribution in [2.75, 3.05) is 6.54 Å². The van der Waals surface area contributed by atoms with Gasteiger partial charge in [0, 0.05) is 30.0 Å². The summed E-state index contributed by atoms with van der Waals surface area (Å²) < 4.78 is 5.49. The van der Waals surface area contributed by atoms with Gasteiger partial charge >= 0.3 is 0 Å². The lowest BCUT2D eigenvalue weighted by atomic mass is 9.87. The van der Waals surface area contributed by atoms with Gasteiger partial charge in [0.25, 0.3) is 0 Å². The maximum Gasteiger partial charge on any atom is 0.232 e. The minimum Gasteiger partial charge on any atom is -0.339 e. The molecule has 1 aliphatic heterocycles. The number of carbonyl (C=O) groups excluding carboxylic acids is 1. The lowest BCUT2D eigenvalue weighted by molar-refractivity contribution is -0.130. The molecule has 2 fully saturated rings. The SMILES string of the molecule is Cc1cscc1-c1noc(C2CC(=O)N(C3CCC(C)CC3)C2)n1. The number of carbonyl (C=O) groups is 1. The summed E-state index contributed by atoms with van der Waals surface area (Å²) in [6.07, 6.45) is 5.20. The Morgan fingerprint density at radius 1 is 1.25 bits per heavy atom. The molecule has 5 nitrogen and oxygen atoms in total. The van der Waals surface area contributed by atoms with Crippen molar-refractivity contribution in [2.24, 2.45) is 5.92 Å². The van der Waals surface area contributed by atoms with Gasteiger partial charge in [0.05, 0.1) is 5.92 Å². The van der Waals surface area contributed by atoms with E-state index in [0.717, 1.165) is 36.4 Å². The standard InChI is InChI=1S/C18H23N3O2S/c1-11-3-5-14(6-4-11)21-8-13(7-16(21)22)18-19-17(20-23-18)15-10-24-9-12(15)2/h9-11,13-14H,3-8H2,1-2H3. The van der Waals surface area contributed by atoms with E-state index < -0.39 is 0 Å². The summed E-state index contributed by atoms with van der Waals surface area (Å²) in [4.78, 5) is 19.1. The molecule has 6 heteroatoms. The van der Waals surface area contributed by atoms with Crippen LogP contribution in [0.25, 0.3) is 11.4 Å². The number of thiophene rings is 1. The van der Waals surface area contributed by atoms with E-state index in [1.165, 1.54) is 12.8 Å². The Labute approximate surface area is 146 Å². The van der Waals surface area contributed by atoms with Gasteiger partial charge < -0.3 is 9.42 Å². The van der Waals surface area contributed by atoms with Crippen LogP contribution in [0.15, 0.2) is 15.3 Å². The second kappa shape index (κ2) is 6.31. The molecule has 1 atom stereocenters. The topological polar surface area (TPSA) is 59.2 Å². The molecule has 0 bridgehead atoms. The molecular formula is C18H23N3O2S. The summed E-state index contributed by atoms with van der Waals surface area (Å²) in [6, 6.07) is 0.403.